The molecule has 3 N–H and O–H groups in total. The lowest BCUT2D eigenvalue weighted by Crippen LogP contribution is -2.33. The van der Waals surface area contributed by atoms with E-state index in [9.17, 15) is 9.59 Å². The van der Waals surface area contributed by atoms with Gasteiger partial charge in [-0.15, -0.1) is 0 Å². The molecule has 1 aromatic carbocycles. The van der Waals surface area contributed by atoms with Crippen LogP contribution < -0.4 is 10.7 Å². The molecule has 2 unspecified atom stereocenters. The largest absolute Gasteiger partial charge is 0.357 e. The molecule has 6 heteroatoms. The maximum Gasteiger partial charge on any atom is 0.229 e. The van der Waals surface area contributed by atoms with Gasteiger partial charge in [-0.1, -0.05) is 19.1 Å². The minimum Gasteiger partial charge on any atom is -0.357 e. The standard InChI is InChI=1S/C19H20N4O2/c1-11-6-12-9-21-23-18(12)15(7-11)19(25)20-10-13-8-17(24)14-4-2-3-5-16(14)22-13/h2-5,8-9,11,15H,6-7,10H2,1H3,(H,20,25)(H,21,23)(H,22,24). The molecule has 1 aliphatic carbocycles. The van der Waals surface area contributed by atoms with Crippen LogP contribution in [-0.4, -0.2) is 21.1 Å². The zero-order valence-corrected chi connectivity index (χ0v) is 14.0. The smallest absolute Gasteiger partial charge is 0.229 e. The number of rotatable bonds is 3. The maximum absolute atomic E-state index is 12.7. The van der Waals surface area contributed by atoms with E-state index in [1.807, 2.05) is 24.4 Å². The lowest BCUT2D eigenvalue weighted by Gasteiger charge is -2.25. The van der Waals surface area contributed by atoms with Crippen LogP contribution in [0.3, 0.4) is 0 Å². The number of nitrogens with one attached hydrogen (secondary N) is 3. The molecule has 0 fully saturated rings. The van der Waals surface area contributed by atoms with Gasteiger partial charge in [-0.05, 0) is 36.5 Å². The fourth-order valence-electron chi connectivity index (χ4n) is 3.66. The molecule has 0 spiro atoms. The third-order valence-electron chi connectivity index (χ3n) is 4.87. The van der Waals surface area contributed by atoms with Crippen molar-refractivity contribution in [2.45, 2.75) is 32.2 Å². The molecular formula is C19H20N4O2. The van der Waals surface area contributed by atoms with Crippen molar-refractivity contribution < 1.29 is 4.79 Å². The highest BCUT2D eigenvalue weighted by Gasteiger charge is 2.31. The van der Waals surface area contributed by atoms with Crippen LogP contribution in [0.2, 0.25) is 0 Å². The summed E-state index contributed by atoms with van der Waals surface area (Å²) in [6.45, 7) is 2.45. The minimum absolute atomic E-state index is 0.0361. The van der Waals surface area contributed by atoms with Crippen molar-refractivity contribution in [1.82, 2.24) is 20.5 Å². The first-order valence-corrected chi connectivity index (χ1v) is 8.52. The number of hydrogen-bond donors (Lipinski definition) is 3. The molecule has 0 aliphatic heterocycles. The first kappa shape index (κ1) is 15.6. The van der Waals surface area contributed by atoms with E-state index in [4.69, 9.17) is 0 Å². The van der Waals surface area contributed by atoms with Crippen LogP contribution in [0.4, 0.5) is 0 Å². The quantitative estimate of drug-likeness (QED) is 0.685. The molecule has 2 heterocycles. The van der Waals surface area contributed by atoms with Crippen LogP contribution in [0.1, 0.15) is 36.2 Å². The summed E-state index contributed by atoms with van der Waals surface area (Å²) in [5, 5.41) is 10.7. The number of amides is 1. The number of pyridine rings is 1. The molecule has 1 amide bonds. The number of aromatic nitrogens is 3. The zero-order valence-electron chi connectivity index (χ0n) is 14.0. The predicted octanol–water partition coefficient (Wildman–Crippen LogP) is 2.23. The molecule has 25 heavy (non-hydrogen) atoms. The van der Waals surface area contributed by atoms with E-state index in [0.29, 0.717) is 23.5 Å². The monoisotopic (exact) mass is 336 g/mol. The van der Waals surface area contributed by atoms with Crippen molar-refractivity contribution >= 4 is 16.8 Å². The first-order valence-electron chi connectivity index (χ1n) is 8.52. The van der Waals surface area contributed by atoms with E-state index in [0.717, 1.165) is 29.6 Å². The number of aromatic amines is 2. The molecular weight excluding hydrogens is 316 g/mol. The van der Waals surface area contributed by atoms with Crippen molar-refractivity contribution in [2.75, 3.05) is 0 Å². The Balaban J connectivity index is 1.52. The van der Waals surface area contributed by atoms with Crippen molar-refractivity contribution in [3.63, 3.8) is 0 Å². The second-order valence-electron chi connectivity index (χ2n) is 6.83. The lowest BCUT2D eigenvalue weighted by molar-refractivity contribution is -0.123. The molecule has 3 aromatic rings. The van der Waals surface area contributed by atoms with E-state index >= 15 is 0 Å². The van der Waals surface area contributed by atoms with E-state index in [2.05, 4.69) is 27.4 Å². The summed E-state index contributed by atoms with van der Waals surface area (Å²) in [5.41, 5.74) is 3.48. The Morgan fingerprint density at radius 2 is 2.20 bits per heavy atom. The topological polar surface area (TPSA) is 90.6 Å². The van der Waals surface area contributed by atoms with Gasteiger partial charge in [-0.25, -0.2) is 0 Å². The Morgan fingerprint density at radius 3 is 3.08 bits per heavy atom. The highest BCUT2D eigenvalue weighted by Crippen LogP contribution is 2.33. The maximum atomic E-state index is 12.7. The number of nitrogens with zero attached hydrogens (tertiary/aromatic N) is 1. The Hall–Kier alpha value is -2.89. The summed E-state index contributed by atoms with van der Waals surface area (Å²) in [6.07, 6.45) is 3.56. The number of carbonyl (C=O) groups is 1. The Morgan fingerprint density at radius 1 is 1.36 bits per heavy atom. The zero-order chi connectivity index (χ0) is 17.4. The van der Waals surface area contributed by atoms with Gasteiger partial charge in [0.25, 0.3) is 0 Å². The SMILES string of the molecule is CC1Cc2cn[nH]c2C(C(=O)NCc2cc(=O)c3ccccc3[nH]2)C1. The molecule has 6 nitrogen and oxygen atoms in total. The second-order valence-corrected chi connectivity index (χ2v) is 6.83. The summed E-state index contributed by atoms with van der Waals surface area (Å²) >= 11 is 0. The number of fused-ring (bicyclic) bond motifs is 2. The molecule has 0 bridgehead atoms. The van der Waals surface area contributed by atoms with Crippen LogP contribution >= 0.6 is 0 Å². The van der Waals surface area contributed by atoms with Crippen molar-refractivity contribution in [3.05, 3.63) is 63.7 Å². The van der Waals surface area contributed by atoms with Gasteiger partial charge in [-0.2, -0.15) is 5.10 Å². The molecule has 0 radical (unpaired) electrons. The third kappa shape index (κ3) is 2.95. The van der Waals surface area contributed by atoms with Gasteiger partial charge in [0.05, 0.1) is 24.4 Å². The van der Waals surface area contributed by atoms with Crippen molar-refractivity contribution in [1.29, 1.82) is 0 Å². The van der Waals surface area contributed by atoms with E-state index in [1.54, 1.807) is 12.1 Å². The Kier molecular flexibility index (Phi) is 3.87. The van der Waals surface area contributed by atoms with Crippen molar-refractivity contribution in [2.24, 2.45) is 5.92 Å². The molecule has 0 saturated carbocycles. The Bertz CT molecular complexity index is 988. The highest BCUT2D eigenvalue weighted by atomic mass is 16.2. The van der Waals surface area contributed by atoms with Gasteiger partial charge in [-0.3, -0.25) is 14.7 Å². The molecule has 2 atom stereocenters. The fraction of sp³-hybridized carbons (Fsp3) is 0.316. The van der Waals surface area contributed by atoms with Crippen LogP contribution in [-0.2, 0) is 17.8 Å². The van der Waals surface area contributed by atoms with Gasteiger partial charge >= 0.3 is 0 Å². The van der Waals surface area contributed by atoms with E-state index in [1.165, 1.54) is 0 Å². The first-order chi connectivity index (χ1) is 12.1. The minimum atomic E-state index is -0.214. The number of carbonyl (C=O) groups excluding carboxylic acids is 1. The summed E-state index contributed by atoms with van der Waals surface area (Å²) < 4.78 is 0. The number of benzene rings is 1. The molecule has 4 rings (SSSR count). The molecule has 0 saturated heterocycles. The number of hydrogen-bond acceptors (Lipinski definition) is 3. The van der Waals surface area contributed by atoms with Crippen LogP contribution in [0, 0.1) is 5.92 Å². The second kappa shape index (κ2) is 6.20. The van der Waals surface area contributed by atoms with Crippen LogP contribution in [0.15, 0.2) is 41.3 Å². The van der Waals surface area contributed by atoms with Gasteiger partial charge in [0.2, 0.25) is 5.91 Å². The molecule has 2 aromatic heterocycles. The lowest BCUT2D eigenvalue weighted by atomic mass is 9.81. The highest BCUT2D eigenvalue weighted by molar-refractivity contribution is 5.84. The summed E-state index contributed by atoms with van der Waals surface area (Å²) in [6, 6.07) is 8.92. The third-order valence-corrected chi connectivity index (χ3v) is 4.87. The summed E-state index contributed by atoms with van der Waals surface area (Å²) in [7, 11) is 0. The van der Waals surface area contributed by atoms with Gasteiger partial charge < -0.3 is 10.3 Å². The number of H-pyrrole nitrogens is 2. The van der Waals surface area contributed by atoms with Gasteiger partial charge in [0.1, 0.15) is 0 Å². The normalized spacial score (nSPS) is 19.6. The molecule has 1 aliphatic rings. The Labute approximate surface area is 144 Å². The van der Waals surface area contributed by atoms with E-state index < -0.39 is 0 Å². The van der Waals surface area contributed by atoms with Crippen LogP contribution in [0.5, 0.6) is 0 Å². The number of para-hydroxylation sites is 1. The summed E-state index contributed by atoms with van der Waals surface area (Å²) in [5.74, 6) is 0.195. The van der Waals surface area contributed by atoms with Crippen molar-refractivity contribution in [3.8, 4) is 0 Å². The molecule has 128 valence electrons. The van der Waals surface area contributed by atoms with Gasteiger partial charge in [0.15, 0.2) is 5.43 Å². The predicted molar refractivity (Wildman–Crippen MR) is 95.2 cm³/mol. The fourth-order valence-corrected chi connectivity index (χ4v) is 3.66. The van der Waals surface area contributed by atoms with Crippen LogP contribution in [0.25, 0.3) is 10.9 Å². The average Bonchev–Trinajstić information content (AvgIpc) is 3.07. The average molecular weight is 336 g/mol. The van der Waals surface area contributed by atoms with Gasteiger partial charge in [0, 0.05) is 22.7 Å². The summed E-state index contributed by atoms with van der Waals surface area (Å²) in [4.78, 5) is 28.1. The van der Waals surface area contributed by atoms with E-state index in [-0.39, 0.29) is 17.3 Å².